The average Bonchev–Trinajstić information content (AvgIpc) is 2.83. The number of ether oxygens (including phenoxy) is 2. The standard InChI is InChI=1S/C24H33N5O5P2S/c1-6-16-24(4,34-22-14-10-20(11-15-22)18-36(30,31)32)35(37)29(5)26-17-19-8-12-21(13-9-19)33-23(3,7-2)27-28-25/h8-15,17H,6-7,16,18H2,1-5H3,(H-,30,31,32)/p+1/b26-17+. The number of hydrogen-bond donors (Lipinski definition) is 2. The minimum Gasteiger partial charge on any atom is -0.481 e. The molecular formula is C24H34N5O5P2S+. The molecule has 200 valence electrons. The Morgan fingerprint density at radius 1 is 1.11 bits per heavy atom. The van der Waals surface area contributed by atoms with Crippen LogP contribution in [-0.4, -0.2) is 38.9 Å². The Kier molecular flexibility index (Phi) is 11.1. The van der Waals surface area contributed by atoms with Gasteiger partial charge >= 0.3 is 14.4 Å². The second-order valence-corrected chi connectivity index (χ2v) is 13.6. The third-order valence-corrected chi connectivity index (χ3v) is 9.93. The van der Waals surface area contributed by atoms with E-state index >= 15 is 0 Å². The summed E-state index contributed by atoms with van der Waals surface area (Å²) >= 11 is 5.88. The van der Waals surface area contributed by atoms with Crippen molar-refractivity contribution >= 4 is 32.5 Å². The van der Waals surface area contributed by atoms with E-state index in [1.165, 1.54) is 0 Å². The first kappa shape index (κ1) is 30.7. The van der Waals surface area contributed by atoms with Crippen molar-refractivity contribution in [1.82, 2.24) is 4.78 Å². The van der Waals surface area contributed by atoms with Crippen molar-refractivity contribution in [2.45, 2.75) is 64.2 Å². The van der Waals surface area contributed by atoms with E-state index in [4.69, 9.17) is 26.8 Å². The highest BCUT2D eigenvalue weighted by Gasteiger charge is 2.45. The predicted octanol–water partition coefficient (Wildman–Crippen LogP) is 6.90. The minimum atomic E-state index is -4.13. The van der Waals surface area contributed by atoms with E-state index in [0.29, 0.717) is 29.9 Å². The Hall–Kier alpha value is -2.51. The minimum absolute atomic E-state index is 0.316. The first-order chi connectivity index (χ1) is 17.3. The zero-order chi connectivity index (χ0) is 27.7. The quantitative estimate of drug-likeness (QED) is 0.0633. The molecule has 0 spiro atoms. The molecule has 0 radical (unpaired) electrons. The molecular weight excluding hydrogens is 532 g/mol. The molecule has 2 N–H and O–H groups in total. The molecule has 0 aliphatic rings. The Labute approximate surface area is 223 Å². The fourth-order valence-corrected chi connectivity index (χ4v) is 6.00. The van der Waals surface area contributed by atoms with Gasteiger partial charge < -0.3 is 19.3 Å². The fourth-order valence-electron chi connectivity index (χ4n) is 3.44. The van der Waals surface area contributed by atoms with E-state index in [-0.39, 0.29) is 6.16 Å². The maximum absolute atomic E-state index is 11.2. The predicted molar refractivity (Wildman–Crippen MR) is 151 cm³/mol. The molecule has 0 fully saturated rings. The lowest BCUT2D eigenvalue weighted by Crippen LogP contribution is -2.31. The van der Waals surface area contributed by atoms with Crippen molar-refractivity contribution in [1.29, 1.82) is 0 Å². The number of rotatable bonds is 14. The second-order valence-electron chi connectivity index (χ2n) is 8.89. The zero-order valence-corrected chi connectivity index (χ0v) is 24.3. The number of hydrogen-bond acceptors (Lipinski definition) is 6. The Balaban J connectivity index is 2.11. The first-order valence-electron chi connectivity index (χ1n) is 11.8. The summed E-state index contributed by atoms with van der Waals surface area (Å²) in [5.41, 5.74) is 9.19. The van der Waals surface area contributed by atoms with Crippen molar-refractivity contribution in [2.24, 2.45) is 10.2 Å². The van der Waals surface area contributed by atoms with Gasteiger partial charge in [0.1, 0.15) is 11.5 Å². The summed E-state index contributed by atoms with van der Waals surface area (Å²) in [6, 6.07) is 14.0. The molecule has 0 saturated carbocycles. The van der Waals surface area contributed by atoms with Crippen molar-refractivity contribution < 1.29 is 23.8 Å². The summed E-state index contributed by atoms with van der Waals surface area (Å²) in [5.74, 6) is 1.17. The number of benzene rings is 2. The van der Waals surface area contributed by atoms with Crippen LogP contribution in [0.25, 0.3) is 10.4 Å². The molecule has 0 aliphatic carbocycles. The molecule has 0 amide bonds. The summed E-state index contributed by atoms with van der Waals surface area (Å²) in [7, 11) is -2.31. The van der Waals surface area contributed by atoms with Crippen LogP contribution in [0.3, 0.4) is 0 Å². The summed E-state index contributed by atoms with van der Waals surface area (Å²) in [6.45, 7) is 6.36. The van der Waals surface area contributed by atoms with Gasteiger partial charge in [-0.2, -0.15) is 0 Å². The Morgan fingerprint density at radius 3 is 2.19 bits per heavy atom. The lowest BCUT2D eigenvalue weighted by Gasteiger charge is -2.24. The molecule has 0 heterocycles. The van der Waals surface area contributed by atoms with E-state index in [2.05, 4.69) is 22.1 Å². The summed E-state index contributed by atoms with van der Waals surface area (Å²) in [4.78, 5) is 21.2. The van der Waals surface area contributed by atoms with Crippen LogP contribution in [-0.2, 0) is 22.5 Å². The van der Waals surface area contributed by atoms with Crippen LogP contribution < -0.4 is 9.47 Å². The highest BCUT2D eigenvalue weighted by Crippen LogP contribution is 2.46. The van der Waals surface area contributed by atoms with Gasteiger partial charge in [0.05, 0.1) is 19.4 Å². The highest BCUT2D eigenvalue weighted by molar-refractivity contribution is 8.04. The van der Waals surface area contributed by atoms with Crippen molar-refractivity contribution in [3.05, 3.63) is 70.1 Å². The molecule has 2 aromatic rings. The Morgan fingerprint density at radius 2 is 1.68 bits per heavy atom. The van der Waals surface area contributed by atoms with Crippen molar-refractivity contribution in [3.63, 3.8) is 0 Å². The van der Waals surface area contributed by atoms with Crippen molar-refractivity contribution in [3.8, 4) is 11.5 Å². The SMILES string of the molecule is CCCC(C)(Oc1ccc(CP(=O)(O)O)cc1)[P+](=S)N(C)/N=C/c1ccc(OC(C)(CC)N=[N+]=[N-])cc1. The Bertz CT molecular complexity index is 1190. The molecule has 10 nitrogen and oxygen atoms in total. The molecule has 37 heavy (non-hydrogen) atoms. The normalized spacial score (nSPS) is 15.3. The zero-order valence-electron chi connectivity index (χ0n) is 21.7. The van der Waals surface area contributed by atoms with Crippen LogP contribution in [0.2, 0.25) is 0 Å². The van der Waals surface area contributed by atoms with E-state index in [9.17, 15) is 14.4 Å². The molecule has 3 atom stereocenters. The largest absolute Gasteiger partial charge is 0.481 e. The maximum Gasteiger partial charge on any atom is 0.358 e. The lowest BCUT2D eigenvalue weighted by atomic mass is 10.2. The van der Waals surface area contributed by atoms with E-state index in [1.807, 2.05) is 33.0 Å². The van der Waals surface area contributed by atoms with Crippen LogP contribution in [0, 0.1) is 0 Å². The highest BCUT2D eigenvalue weighted by atomic mass is 32.4. The van der Waals surface area contributed by atoms with Crippen molar-refractivity contribution in [2.75, 3.05) is 7.05 Å². The molecule has 0 aromatic heterocycles. The lowest BCUT2D eigenvalue weighted by molar-refractivity contribution is 0.0921. The van der Waals surface area contributed by atoms with Crippen LogP contribution in [0.15, 0.2) is 58.7 Å². The van der Waals surface area contributed by atoms with Crippen LogP contribution >= 0.6 is 14.4 Å². The second kappa shape index (κ2) is 13.3. The third-order valence-electron chi connectivity index (χ3n) is 5.54. The molecule has 3 unspecified atom stereocenters. The van der Waals surface area contributed by atoms with E-state index in [0.717, 1.165) is 12.0 Å². The number of azide groups is 1. The number of hydrazone groups is 1. The third kappa shape index (κ3) is 9.71. The van der Waals surface area contributed by atoms with Crippen LogP contribution in [0.1, 0.15) is 58.1 Å². The monoisotopic (exact) mass is 566 g/mol. The van der Waals surface area contributed by atoms with E-state index in [1.54, 1.807) is 54.3 Å². The summed E-state index contributed by atoms with van der Waals surface area (Å²) in [5, 5.41) is 7.60. The molecule has 2 rings (SSSR count). The van der Waals surface area contributed by atoms with Gasteiger partial charge in [0.2, 0.25) is 0 Å². The van der Waals surface area contributed by atoms with E-state index < -0.39 is 25.5 Å². The van der Waals surface area contributed by atoms with Gasteiger partial charge in [-0.15, -0.1) is 9.88 Å². The molecule has 0 bridgehead atoms. The molecule has 2 aromatic carbocycles. The molecule has 13 heteroatoms. The van der Waals surface area contributed by atoms with Crippen LogP contribution in [0.4, 0.5) is 0 Å². The van der Waals surface area contributed by atoms with Gasteiger partial charge in [-0.05, 0) is 77.9 Å². The van der Waals surface area contributed by atoms with Gasteiger partial charge in [0.25, 0.3) is 5.34 Å². The number of nitrogens with zero attached hydrogens (tertiary/aromatic N) is 5. The molecule has 0 aliphatic heterocycles. The fraction of sp³-hybridized carbons (Fsp3) is 0.458. The van der Waals surface area contributed by atoms with Gasteiger partial charge in [-0.3, -0.25) is 4.57 Å². The van der Waals surface area contributed by atoms with Gasteiger partial charge in [0, 0.05) is 18.3 Å². The summed E-state index contributed by atoms with van der Waals surface area (Å²) < 4.78 is 25.1. The van der Waals surface area contributed by atoms with Gasteiger partial charge in [-0.1, -0.05) is 26.0 Å². The van der Waals surface area contributed by atoms with Gasteiger partial charge in [-0.25, -0.2) is 0 Å². The average molecular weight is 567 g/mol. The maximum atomic E-state index is 11.2. The topological polar surface area (TPSA) is 140 Å². The smallest absolute Gasteiger partial charge is 0.358 e. The summed E-state index contributed by atoms with van der Waals surface area (Å²) in [6.07, 6.45) is 3.49. The van der Waals surface area contributed by atoms with Crippen LogP contribution in [0.5, 0.6) is 11.5 Å². The molecule has 0 saturated heterocycles. The first-order valence-corrected chi connectivity index (χ1v) is 15.9. The van der Waals surface area contributed by atoms with Gasteiger partial charge in [0.15, 0.2) is 17.5 Å².